The van der Waals surface area contributed by atoms with Crippen LogP contribution in [0.3, 0.4) is 0 Å². The molecule has 0 saturated heterocycles. The van der Waals surface area contributed by atoms with Crippen molar-refractivity contribution in [1.82, 2.24) is 0 Å². The molecule has 0 bridgehead atoms. The normalized spacial score (nSPS) is 14.2. The van der Waals surface area contributed by atoms with E-state index in [0.29, 0.717) is 11.1 Å². The Bertz CT molecular complexity index is 1510. The number of carbonyl (C=O) groups excluding carboxylic acids is 5. The zero-order chi connectivity index (χ0) is 31.8. The van der Waals surface area contributed by atoms with Crippen LogP contribution in [0.1, 0.15) is 95.3 Å². The van der Waals surface area contributed by atoms with Crippen molar-refractivity contribution in [2.75, 3.05) is 0 Å². The monoisotopic (exact) mass is 592 g/mol. The van der Waals surface area contributed by atoms with Crippen LogP contribution in [-0.4, -0.2) is 29.7 Å². The van der Waals surface area contributed by atoms with Gasteiger partial charge in [0.05, 0.1) is 6.42 Å². The van der Waals surface area contributed by atoms with Gasteiger partial charge in [0.1, 0.15) is 28.9 Å². The number of benzene rings is 2. The van der Waals surface area contributed by atoms with E-state index in [1.54, 1.807) is 6.07 Å². The first-order valence-corrected chi connectivity index (χ1v) is 13.8. The molecule has 3 rings (SSSR count). The molecule has 0 aliphatic carbocycles. The van der Waals surface area contributed by atoms with Crippen LogP contribution < -0.4 is 23.7 Å². The number of Topliss-reactive ketones (excluding diaryl/α,β-unsaturated/α-hetero) is 1. The Morgan fingerprint density at radius 2 is 1.44 bits per heavy atom. The van der Waals surface area contributed by atoms with E-state index in [4.69, 9.17) is 23.7 Å². The maximum Gasteiger partial charge on any atom is 0.308 e. The second kappa shape index (κ2) is 14.4. The van der Waals surface area contributed by atoms with Gasteiger partial charge in [-0.05, 0) is 46.1 Å². The van der Waals surface area contributed by atoms with Gasteiger partial charge in [0.2, 0.25) is 0 Å². The number of fused-ring (bicyclic) bond motifs is 1. The van der Waals surface area contributed by atoms with E-state index in [1.165, 1.54) is 51.5 Å². The van der Waals surface area contributed by atoms with Crippen molar-refractivity contribution in [1.29, 1.82) is 0 Å². The molecule has 0 saturated carbocycles. The Hall–Kier alpha value is -4.73. The van der Waals surface area contributed by atoms with Gasteiger partial charge in [-0.3, -0.25) is 24.0 Å². The SMILES string of the molecule is CC(=O)Oc1cc(OC(C)=O)c2c(c1)OC(c1ccc(OC(C)=O)c(OC(C)=O)c1CC=C(C)CCC=C(C)C)CC2=O. The lowest BCUT2D eigenvalue weighted by Gasteiger charge is -2.29. The maximum atomic E-state index is 13.5. The van der Waals surface area contributed by atoms with E-state index in [2.05, 4.69) is 6.08 Å². The largest absolute Gasteiger partial charge is 0.484 e. The second-order valence-corrected chi connectivity index (χ2v) is 10.4. The molecule has 1 heterocycles. The number of esters is 4. The van der Waals surface area contributed by atoms with E-state index in [0.717, 1.165) is 18.4 Å². The summed E-state index contributed by atoms with van der Waals surface area (Å²) in [6.07, 6.45) is 5.05. The summed E-state index contributed by atoms with van der Waals surface area (Å²) in [5, 5.41) is 0. The number of ether oxygens (including phenoxy) is 5. The highest BCUT2D eigenvalue weighted by molar-refractivity contribution is 6.03. The first kappa shape index (κ1) is 32.8. The molecule has 2 aromatic carbocycles. The fraction of sp³-hybridized carbons (Fsp3) is 0.364. The lowest BCUT2D eigenvalue weighted by atomic mass is 9.90. The summed E-state index contributed by atoms with van der Waals surface area (Å²) in [7, 11) is 0. The molecule has 228 valence electrons. The van der Waals surface area contributed by atoms with Gasteiger partial charge in [-0.25, -0.2) is 0 Å². The van der Waals surface area contributed by atoms with Gasteiger partial charge >= 0.3 is 23.9 Å². The maximum absolute atomic E-state index is 13.5. The molecule has 1 aliphatic rings. The fourth-order valence-corrected chi connectivity index (χ4v) is 4.62. The van der Waals surface area contributed by atoms with Gasteiger partial charge in [0.15, 0.2) is 17.3 Å². The Labute approximate surface area is 250 Å². The van der Waals surface area contributed by atoms with E-state index in [1.807, 2.05) is 26.8 Å². The highest BCUT2D eigenvalue weighted by Gasteiger charge is 2.34. The van der Waals surface area contributed by atoms with Gasteiger partial charge < -0.3 is 23.7 Å². The summed E-state index contributed by atoms with van der Waals surface area (Å²) in [5.41, 5.74) is 3.35. The fourth-order valence-electron chi connectivity index (χ4n) is 4.62. The molecule has 0 spiro atoms. The number of ketones is 1. The zero-order valence-corrected chi connectivity index (χ0v) is 25.5. The van der Waals surface area contributed by atoms with Gasteiger partial charge in [0.25, 0.3) is 0 Å². The van der Waals surface area contributed by atoms with E-state index < -0.39 is 30.0 Å². The first-order valence-electron chi connectivity index (χ1n) is 13.8. The Morgan fingerprint density at radius 3 is 2.05 bits per heavy atom. The number of hydrogen-bond donors (Lipinski definition) is 0. The van der Waals surface area contributed by atoms with Crippen LogP contribution in [0.4, 0.5) is 0 Å². The number of hydrogen-bond acceptors (Lipinski definition) is 10. The summed E-state index contributed by atoms with van der Waals surface area (Å²) in [6, 6.07) is 5.79. The Kier molecular flexibility index (Phi) is 11.0. The van der Waals surface area contributed by atoms with Crippen molar-refractivity contribution in [2.24, 2.45) is 0 Å². The van der Waals surface area contributed by atoms with Crippen LogP contribution in [0.2, 0.25) is 0 Å². The second-order valence-electron chi connectivity index (χ2n) is 10.4. The topological polar surface area (TPSA) is 132 Å². The molecular weight excluding hydrogens is 556 g/mol. The minimum Gasteiger partial charge on any atom is -0.484 e. The third kappa shape index (κ3) is 9.13. The molecule has 1 unspecified atom stereocenters. The highest BCUT2D eigenvalue weighted by Crippen LogP contribution is 2.45. The molecule has 10 heteroatoms. The summed E-state index contributed by atoms with van der Waals surface area (Å²) in [6.45, 7) is 10.9. The van der Waals surface area contributed by atoms with Crippen molar-refractivity contribution in [3.63, 3.8) is 0 Å². The van der Waals surface area contributed by atoms with Crippen molar-refractivity contribution >= 4 is 29.7 Å². The number of carbonyl (C=O) groups is 5. The summed E-state index contributed by atoms with van der Waals surface area (Å²) < 4.78 is 27.6. The summed E-state index contributed by atoms with van der Waals surface area (Å²) in [4.78, 5) is 60.9. The molecule has 43 heavy (non-hydrogen) atoms. The smallest absolute Gasteiger partial charge is 0.308 e. The number of rotatable bonds is 10. The molecule has 0 amide bonds. The van der Waals surface area contributed by atoms with E-state index in [9.17, 15) is 24.0 Å². The van der Waals surface area contributed by atoms with Gasteiger partial charge in [-0.1, -0.05) is 29.4 Å². The molecule has 0 aromatic heterocycles. The molecule has 2 aromatic rings. The standard InChI is InChI=1S/C33H36O10/c1-18(2)9-8-10-19(3)11-12-26-25(13-14-28(40-21(5)35)33(26)42-23(7)37)29-17-27(38)32-30(41-22(6)36)15-24(39-20(4)34)16-31(32)43-29/h9,11,13-16,29H,8,10,12,17H2,1-7H3. The zero-order valence-electron chi connectivity index (χ0n) is 25.5. The van der Waals surface area contributed by atoms with Gasteiger partial charge in [-0.15, -0.1) is 0 Å². The van der Waals surface area contributed by atoms with Crippen LogP contribution in [0, 0.1) is 0 Å². The van der Waals surface area contributed by atoms with Crippen LogP contribution in [-0.2, 0) is 25.6 Å². The van der Waals surface area contributed by atoms with Crippen LogP contribution in [0.15, 0.2) is 47.6 Å². The predicted octanol–water partition coefficient (Wildman–Crippen LogP) is 6.33. The Morgan fingerprint density at radius 1 is 0.814 bits per heavy atom. The van der Waals surface area contributed by atoms with Crippen molar-refractivity contribution in [3.05, 3.63) is 64.3 Å². The minimum absolute atomic E-state index is 0.0249. The highest BCUT2D eigenvalue weighted by atomic mass is 16.6. The molecule has 1 atom stereocenters. The first-order chi connectivity index (χ1) is 20.2. The molecule has 0 N–H and O–H groups in total. The lowest BCUT2D eigenvalue weighted by Crippen LogP contribution is -2.23. The number of allylic oxidation sites excluding steroid dienone is 4. The average molecular weight is 593 g/mol. The van der Waals surface area contributed by atoms with Crippen molar-refractivity contribution in [2.45, 2.75) is 80.3 Å². The predicted molar refractivity (Wildman–Crippen MR) is 157 cm³/mol. The van der Waals surface area contributed by atoms with Gasteiger partial charge in [0, 0.05) is 51.0 Å². The molecule has 10 nitrogen and oxygen atoms in total. The Balaban J connectivity index is 2.15. The summed E-state index contributed by atoms with van der Waals surface area (Å²) in [5.74, 6) is -2.82. The molecular formula is C33H36O10. The van der Waals surface area contributed by atoms with Gasteiger partial charge in [-0.2, -0.15) is 0 Å². The van der Waals surface area contributed by atoms with Crippen molar-refractivity contribution < 1.29 is 47.7 Å². The molecule has 1 aliphatic heterocycles. The minimum atomic E-state index is -0.868. The average Bonchev–Trinajstić information content (AvgIpc) is 2.86. The van der Waals surface area contributed by atoms with Crippen LogP contribution >= 0.6 is 0 Å². The third-order valence-corrected chi connectivity index (χ3v) is 6.33. The molecule has 0 radical (unpaired) electrons. The molecule has 0 fully saturated rings. The van der Waals surface area contributed by atoms with Crippen LogP contribution in [0.25, 0.3) is 0 Å². The lowest BCUT2D eigenvalue weighted by molar-refractivity contribution is -0.134. The van der Waals surface area contributed by atoms with Crippen molar-refractivity contribution in [3.8, 4) is 28.7 Å². The third-order valence-electron chi connectivity index (χ3n) is 6.33. The van der Waals surface area contributed by atoms with E-state index in [-0.39, 0.29) is 52.9 Å². The van der Waals surface area contributed by atoms with Crippen LogP contribution in [0.5, 0.6) is 28.7 Å². The quantitative estimate of drug-likeness (QED) is 0.175. The summed E-state index contributed by atoms with van der Waals surface area (Å²) >= 11 is 0. The van der Waals surface area contributed by atoms with E-state index >= 15 is 0 Å².